The van der Waals surface area contributed by atoms with Crippen molar-refractivity contribution in [3.8, 4) is 5.75 Å². The zero-order valence-electron chi connectivity index (χ0n) is 14.3. The van der Waals surface area contributed by atoms with Crippen LogP contribution in [0.3, 0.4) is 0 Å². The summed E-state index contributed by atoms with van der Waals surface area (Å²) in [5.41, 5.74) is 3.62. The number of aromatic nitrogens is 2. The van der Waals surface area contributed by atoms with Gasteiger partial charge in [-0.25, -0.2) is 0 Å². The molecule has 0 fully saturated rings. The molecule has 2 unspecified atom stereocenters. The van der Waals surface area contributed by atoms with Crippen LogP contribution < -0.4 is 10.1 Å². The Balaban J connectivity index is 2.01. The molecule has 0 bridgehead atoms. The first-order valence-electron chi connectivity index (χ1n) is 7.76. The molecule has 1 heterocycles. The molecule has 0 aliphatic heterocycles. The van der Waals surface area contributed by atoms with Crippen LogP contribution in [0.1, 0.15) is 41.6 Å². The summed E-state index contributed by atoms with van der Waals surface area (Å²) in [6.45, 7) is 3.34. The molecule has 24 heavy (non-hydrogen) atoms. The van der Waals surface area contributed by atoms with Gasteiger partial charge in [0.15, 0.2) is 0 Å². The minimum absolute atomic E-state index is 0.00819. The highest BCUT2D eigenvalue weighted by atomic mass is 19.3. The monoisotopic (exact) mass is 339 g/mol. The highest BCUT2D eigenvalue weighted by molar-refractivity contribution is 5.30. The lowest BCUT2D eigenvalue weighted by Crippen LogP contribution is -2.25. The quantitative estimate of drug-likeness (QED) is 0.814. The van der Waals surface area contributed by atoms with E-state index in [9.17, 15) is 13.9 Å². The van der Waals surface area contributed by atoms with E-state index in [2.05, 4.69) is 15.2 Å². The summed E-state index contributed by atoms with van der Waals surface area (Å²) in [4.78, 5) is 0. The Kier molecular flexibility index (Phi) is 5.90. The first kappa shape index (κ1) is 18.4. The molecule has 2 aromatic rings. The predicted molar refractivity (Wildman–Crippen MR) is 87.1 cm³/mol. The molecule has 0 saturated carbocycles. The predicted octanol–water partition coefficient (Wildman–Crippen LogP) is 3.02. The molecule has 0 aliphatic carbocycles. The topological polar surface area (TPSA) is 59.3 Å². The van der Waals surface area contributed by atoms with Crippen molar-refractivity contribution < 1.29 is 18.6 Å². The highest BCUT2D eigenvalue weighted by Gasteiger charge is 2.18. The second-order valence-corrected chi connectivity index (χ2v) is 5.80. The summed E-state index contributed by atoms with van der Waals surface area (Å²) < 4.78 is 30.7. The maximum absolute atomic E-state index is 12.3. The number of rotatable bonds is 7. The van der Waals surface area contributed by atoms with Crippen molar-refractivity contribution in [2.45, 2.75) is 39.5 Å². The molecule has 0 radical (unpaired) electrons. The number of halogens is 2. The summed E-state index contributed by atoms with van der Waals surface area (Å²) in [5, 5.41) is 17.9. The lowest BCUT2D eigenvalue weighted by Gasteiger charge is -2.18. The van der Waals surface area contributed by atoms with Gasteiger partial charge in [-0.1, -0.05) is 12.1 Å². The second-order valence-electron chi connectivity index (χ2n) is 5.80. The third-order valence-corrected chi connectivity index (χ3v) is 4.08. The van der Waals surface area contributed by atoms with Crippen LogP contribution in [0, 0.1) is 13.8 Å². The molecular weight excluding hydrogens is 316 g/mol. The highest BCUT2D eigenvalue weighted by Crippen LogP contribution is 2.23. The van der Waals surface area contributed by atoms with Crippen LogP contribution in [-0.2, 0) is 7.05 Å². The molecule has 2 N–H and O–H groups in total. The third kappa shape index (κ3) is 4.30. The Morgan fingerprint density at radius 3 is 2.62 bits per heavy atom. The molecular formula is C17H23F2N3O2. The average Bonchev–Trinajstić information content (AvgIpc) is 2.77. The maximum Gasteiger partial charge on any atom is 0.387 e. The van der Waals surface area contributed by atoms with E-state index in [-0.39, 0.29) is 18.3 Å². The van der Waals surface area contributed by atoms with E-state index in [0.29, 0.717) is 5.56 Å². The largest absolute Gasteiger partial charge is 0.435 e. The molecule has 2 atom stereocenters. The molecule has 5 nitrogen and oxygen atoms in total. The number of alkyl halides is 2. The minimum atomic E-state index is -2.88. The number of hydrogen-bond acceptors (Lipinski definition) is 4. The third-order valence-electron chi connectivity index (χ3n) is 4.08. The normalized spacial score (nSPS) is 14.0. The molecule has 1 aromatic heterocycles. The lowest BCUT2D eigenvalue weighted by molar-refractivity contribution is -0.0499. The van der Waals surface area contributed by atoms with Crippen LogP contribution >= 0.6 is 0 Å². The van der Waals surface area contributed by atoms with Gasteiger partial charge in [-0.3, -0.25) is 4.68 Å². The molecule has 7 heteroatoms. The van der Waals surface area contributed by atoms with Crippen molar-refractivity contribution in [1.29, 1.82) is 0 Å². The van der Waals surface area contributed by atoms with E-state index < -0.39 is 12.7 Å². The summed E-state index contributed by atoms with van der Waals surface area (Å²) in [6, 6.07) is 6.11. The SMILES string of the molecule is Cc1nn(C)c(C)c1C(C)NCC(O)c1cccc(OC(F)F)c1. The van der Waals surface area contributed by atoms with E-state index in [1.807, 2.05) is 32.5 Å². The standard InChI is InChI=1S/C17H23F2N3O2/c1-10(16-11(2)21-22(4)12(16)3)20-9-15(23)13-6-5-7-14(8-13)24-17(18)19/h5-8,10,15,17,20,23H,9H2,1-4H3. The zero-order chi connectivity index (χ0) is 17.9. The zero-order valence-corrected chi connectivity index (χ0v) is 14.3. The Morgan fingerprint density at radius 2 is 2.04 bits per heavy atom. The molecule has 2 rings (SSSR count). The molecule has 0 amide bonds. The van der Waals surface area contributed by atoms with Crippen LogP contribution in [0.4, 0.5) is 8.78 Å². The van der Waals surface area contributed by atoms with Crippen molar-refractivity contribution in [3.05, 3.63) is 46.8 Å². The first-order chi connectivity index (χ1) is 11.3. The number of aryl methyl sites for hydroxylation is 2. The number of ether oxygens (including phenoxy) is 1. The summed E-state index contributed by atoms with van der Waals surface area (Å²) >= 11 is 0. The van der Waals surface area contributed by atoms with Gasteiger partial charge in [-0.15, -0.1) is 0 Å². The summed E-state index contributed by atoms with van der Waals surface area (Å²) in [5.74, 6) is 0.0357. The smallest absolute Gasteiger partial charge is 0.387 e. The number of benzene rings is 1. The molecule has 132 valence electrons. The number of nitrogens with one attached hydrogen (secondary N) is 1. The molecule has 0 aliphatic rings. The van der Waals surface area contributed by atoms with Crippen LogP contribution in [0.25, 0.3) is 0 Å². The number of aliphatic hydroxyl groups excluding tert-OH is 1. The Morgan fingerprint density at radius 1 is 1.33 bits per heavy atom. The van der Waals surface area contributed by atoms with Gasteiger partial charge in [0.25, 0.3) is 0 Å². The maximum atomic E-state index is 12.3. The Hall–Kier alpha value is -1.99. The van der Waals surface area contributed by atoms with Crippen molar-refractivity contribution in [1.82, 2.24) is 15.1 Å². The molecule has 0 spiro atoms. The van der Waals surface area contributed by atoms with Gasteiger partial charge in [0.2, 0.25) is 0 Å². The fourth-order valence-corrected chi connectivity index (χ4v) is 2.82. The van der Waals surface area contributed by atoms with Gasteiger partial charge < -0.3 is 15.2 Å². The second kappa shape index (κ2) is 7.72. The van der Waals surface area contributed by atoms with Gasteiger partial charge in [0.05, 0.1) is 11.8 Å². The van der Waals surface area contributed by atoms with E-state index >= 15 is 0 Å². The van der Waals surface area contributed by atoms with Gasteiger partial charge >= 0.3 is 6.61 Å². The van der Waals surface area contributed by atoms with Crippen LogP contribution in [0.5, 0.6) is 5.75 Å². The van der Waals surface area contributed by atoms with Crippen molar-refractivity contribution in [2.75, 3.05) is 6.54 Å². The summed E-state index contributed by atoms with van der Waals surface area (Å²) in [6.07, 6.45) is -0.828. The van der Waals surface area contributed by atoms with Crippen molar-refractivity contribution in [3.63, 3.8) is 0 Å². The first-order valence-corrected chi connectivity index (χ1v) is 7.76. The van der Waals surface area contributed by atoms with Crippen molar-refractivity contribution in [2.24, 2.45) is 7.05 Å². The summed E-state index contributed by atoms with van der Waals surface area (Å²) in [7, 11) is 1.89. The fraction of sp³-hybridized carbons (Fsp3) is 0.471. The van der Waals surface area contributed by atoms with Crippen LogP contribution in [-0.4, -0.2) is 28.0 Å². The van der Waals surface area contributed by atoms with Gasteiger partial charge in [0, 0.05) is 30.9 Å². The van der Waals surface area contributed by atoms with E-state index in [0.717, 1.165) is 17.0 Å². The van der Waals surface area contributed by atoms with E-state index in [1.54, 1.807) is 12.1 Å². The lowest BCUT2D eigenvalue weighted by atomic mass is 10.0. The molecule has 0 saturated heterocycles. The van der Waals surface area contributed by atoms with Crippen molar-refractivity contribution >= 4 is 0 Å². The number of hydrogen-bond donors (Lipinski definition) is 2. The number of nitrogens with zero attached hydrogens (tertiary/aromatic N) is 2. The number of aliphatic hydroxyl groups is 1. The van der Waals surface area contributed by atoms with Crippen LogP contribution in [0.15, 0.2) is 24.3 Å². The average molecular weight is 339 g/mol. The minimum Gasteiger partial charge on any atom is -0.435 e. The van der Waals surface area contributed by atoms with E-state index in [1.165, 1.54) is 12.1 Å². The fourth-order valence-electron chi connectivity index (χ4n) is 2.82. The van der Waals surface area contributed by atoms with Gasteiger partial charge in [-0.2, -0.15) is 13.9 Å². The van der Waals surface area contributed by atoms with Gasteiger partial charge in [-0.05, 0) is 38.5 Å². The molecule has 1 aromatic carbocycles. The Labute approximate surface area is 140 Å². The van der Waals surface area contributed by atoms with Gasteiger partial charge in [0.1, 0.15) is 5.75 Å². The Bertz CT molecular complexity index is 688. The van der Waals surface area contributed by atoms with E-state index in [4.69, 9.17) is 0 Å². The van der Waals surface area contributed by atoms with Crippen LogP contribution in [0.2, 0.25) is 0 Å².